The third-order valence-corrected chi connectivity index (χ3v) is 5.73. The minimum absolute atomic E-state index is 0.0138. The molecule has 3 aromatic rings. The second-order valence-corrected chi connectivity index (χ2v) is 7.95. The number of amides is 1. The normalized spacial score (nSPS) is 10.6. The van der Waals surface area contributed by atoms with Crippen LogP contribution in [0.15, 0.2) is 58.2 Å². The zero-order valence-electron chi connectivity index (χ0n) is 15.9. The van der Waals surface area contributed by atoms with E-state index in [1.54, 1.807) is 55.1 Å². The minimum Gasteiger partial charge on any atom is -0.497 e. The Balaban J connectivity index is 1.55. The van der Waals surface area contributed by atoms with Crippen LogP contribution in [0.1, 0.15) is 26.5 Å². The summed E-state index contributed by atoms with van der Waals surface area (Å²) in [6.45, 7) is 0.232. The average molecular weight is 475 g/mol. The van der Waals surface area contributed by atoms with Crippen molar-refractivity contribution in [2.45, 2.75) is 11.7 Å². The molecule has 0 saturated carbocycles. The van der Waals surface area contributed by atoms with Crippen molar-refractivity contribution in [1.29, 1.82) is 0 Å². The summed E-state index contributed by atoms with van der Waals surface area (Å²) in [5.41, 5.74) is 1.18. The van der Waals surface area contributed by atoms with Crippen molar-refractivity contribution < 1.29 is 14.3 Å². The molecule has 150 valence electrons. The van der Waals surface area contributed by atoms with Crippen LogP contribution in [0.5, 0.6) is 5.75 Å². The zero-order valence-corrected chi connectivity index (χ0v) is 18.3. The second-order valence-electron chi connectivity index (χ2n) is 6.09. The van der Waals surface area contributed by atoms with E-state index in [9.17, 15) is 9.59 Å². The standard InChI is InChI=1S/C20H19BrN4O3S/c1-25-18(11-22-19(27)14-5-9-16(28-2)10-6-14)23-24-20(25)29-12-17(26)13-3-7-15(21)8-4-13/h3-10H,11-12H2,1-2H3,(H,22,27). The molecule has 1 heterocycles. The number of ether oxygens (including phenoxy) is 1. The molecular weight excluding hydrogens is 456 g/mol. The van der Waals surface area contributed by atoms with Gasteiger partial charge in [-0.15, -0.1) is 10.2 Å². The Labute approximate surface area is 181 Å². The lowest BCUT2D eigenvalue weighted by atomic mass is 10.2. The number of nitrogens with one attached hydrogen (secondary N) is 1. The quantitative estimate of drug-likeness (QED) is 0.397. The highest BCUT2D eigenvalue weighted by molar-refractivity contribution is 9.10. The van der Waals surface area contributed by atoms with Crippen LogP contribution in [0.3, 0.4) is 0 Å². The van der Waals surface area contributed by atoms with Crippen molar-refractivity contribution in [3.8, 4) is 5.75 Å². The van der Waals surface area contributed by atoms with E-state index in [0.717, 1.165) is 4.47 Å². The molecule has 0 fully saturated rings. The predicted octanol–water partition coefficient (Wildman–Crippen LogP) is 3.49. The maximum absolute atomic E-state index is 12.3. The molecule has 29 heavy (non-hydrogen) atoms. The van der Waals surface area contributed by atoms with E-state index in [2.05, 4.69) is 31.4 Å². The van der Waals surface area contributed by atoms with Crippen molar-refractivity contribution >= 4 is 39.4 Å². The third kappa shape index (κ3) is 5.45. The summed E-state index contributed by atoms with van der Waals surface area (Å²) in [6.07, 6.45) is 0. The summed E-state index contributed by atoms with van der Waals surface area (Å²) < 4.78 is 7.79. The zero-order chi connectivity index (χ0) is 20.8. The van der Waals surface area contributed by atoms with Gasteiger partial charge in [0.25, 0.3) is 5.91 Å². The number of carbonyl (C=O) groups is 2. The van der Waals surface area contributed by atoms with Crippen LogP contribution in [0, 0.1) is 0 Å². The van der Waals surface area contributed by atoms with E-state index in [1.165, 1.54) is 11.8 Å². The van der Waals surface area contributed by atoms with Crippen molar-refractivity contribution in [2.75, 3.05) is 12.9 Å². The Morgan fingerprint density at radius 2 is 1.72 bits per heavy atom. The van der Waals surface area contributed by atoms with Crippen LogP contribution in [0.2, 0.25) is 0 Å². The second kappa shape index (κ2) is 9.71. The third-order valence-electron chi connectivity index (χ3n) is 4.18. The van der Waals surface area contributed by atoms with Gasteiger partial charge in [0.1, 0.15) is 5.75 Å². The highest BCUT2D eigenvalue weighted by atomic mass is 79.9. The lowest BCUT2D eigenvalue weighted by molar-refractivity contribution is 0.0948. The van der Waals surface area contributed by atoms with Gasteiger partial charge in [0.2, 0.25) is 0 Å². The first-order valence-electron chi connectivity index (χ1n) is 8.70. The summed E-state index contributed by atoms with van der Waals surface area (Å²) >= 11 is 4.67. The van der Waals surface area contributed by atoms with Gasteiger partial charge in [-0.1, -0.05) is 39.8 Å². The summed E-state index contributed by atoms with van der Waals surface area (Å²) in [4.78, 5) is 24.6. The minimum atomic E-state index is -0.213. The number of carbonyl (C=O) groups excluding carboxylic acids is 2. The summed E-state index contributed by atoms with van der Waals surface area (Å²) in [5, 5.41) is 11.7. The lowest BCUT2D eigenvalue weighted by Gasteiger charge is -2.07. The smallest absolute Gasteiger partial charge is 0.251 e. The fourth-order valence-electron chi connectivity index (χ4n) is 2.48. The fraction of sp³-hybridized carbons (Fsp3) is 0.200. The van der Waals surface area contributed by atoms with Gasteiger partial charge in [-0.05, 0) is 36.4 Å². The van der Waals surface area contributed by atoms with Crippen LogP contribution in [0.25, 0.3) is 0 Å². The molecule has 3 rings (SSSR count). The van der Waals surface area contributed by atoms with Crippen LogP contribution in [-0.4, -0.2) is 39.3 Å². The first-order chi connectivity index (χ1) is 14.0. The summed E-state index contributed by atoms with van der Waals surface area (Å²) in [5.74, 6) is 1.35. The molecule has 1 N–H and O–H groups in total. The number of halogens is 1. The number of thioether (sulfide) groups is 1. The molecule has 2 aromatic carbocycles. The van der Waals surface area contributed by atoms with E-state index in [1.807, 2.05) is 12.1 Å². The van der Waals surface area contributed by atoms with E-state index in [-0.39, 0.29) is 24.0 Å². The fourth-order valence-corrected chi connectivity index (χ4v) is 3.57. The molecule has 0 radical (unpaired) electrons. The number of Topliss-reactive ketones (excluding diaryl/α,β-unsaturated/α-hetero) is 1. The lowest BCUT2D eigenvalue weighted by Crippen LogP contribution is -2.24. The summed E-state index contributed by atoms with van der Waals surface area (Å²) in [7, 11) is 3.38. The number of hydrogen-bond donors (Lipinski definition) is 1. The van der Waals surface area contributed by atoms with Gasteiger partial charge in [-0.3, -0.25) is 9.59 Å². The monoisotopic (exact) mass is 474 g/mol. The van der Waals surface area contributed by atoms with Crippen LogP contribution in [-0.2, 0) is 13.6 Å². The topological polar surface area (TPSA) is 86.1 Å². The number of nitrogens with zero attached hydrogens (tertiary/aromatic N) is 3. The van der Waals surface area contributed by atoms with Crippen molar-refractivity contribution in [3.05, 3.63) is 70.0 Å². The molecule has 7 nitrogen and oxygen atoms in total. The Morgan fingerprint density at radius 3 is 2.38 bits per heavy atom. The maximum atomic E-state index is 12.3. The molecule has 0 spiro atoms. The Morgan fingerprint density at radius 1 is 1.07 bits per heavy atom. The number of ketones is 1. The van der Waals surface area contributed by atoms with E-state index < -0.39 is 0 Å². The van der Waals surface area contributed by atoms with Crippen molar-refractivity contribution in [3.63, 3.8) is 0 Å². The molecular formula is C20H19BrN4O3S. The van der Waals surface area contributed by atoms with Gasteiger partial charge in [0.15, 0.2) is 16.8 Å². The first kappa shape index (κ1) is 21.1. The average Bonchev–Trinajstić information content (AvgIpc) is 3.10. The summed E-state index contributed by atoms with van der Waals surface area (Å²) in [6, 6.07) is 14.1. The molecule has 0 aliphatic heterocycles. The molecule has 0 atom stereocenters. The number of rotatable bonds is 8. The Hall–Kier alpha value is -2.65. The van der Waals surface area contributed by atoms with E-state index >= 15 is 0 Å². The number of methoxy groups -OCH3 is 1. The van der Waals surface area contributed by atoms with Gasteiger partial charge in [-0.25, -0.2) is 0 Å². The van der Waals surface area contributed by atoms with E-state index in [0.29, 0.717) is 27.9 Å². The van der Waals surface area contributed by atoms with Crippen LogP contribution < -0.4 is 10.1 Å². The Bertz CT molecular complexity index is 1000. The molecule has 0 aliphatic rings. The highest BCUT2D eigenvalue weighted by Gasteiger charge is 2.14. The Kier molecular flexibility index (Phi) is 7.05. The number of aromatic nitrogens is 3. The number of hydrogen-bond acceptors (Lipinski definition) is 6. The largest absolute Gasteiger partial charge is 0.497 e. The predicted molar refractivity (Wildman–Crippen MR) is 114 cm³/mol. The molecule has 1 amide bonds. The van der Waals surface area contributed by atoms with Crippen molar-refractivity contribution in [2.24, 2.45) is 7.05 Å². The van der Waals surface area contributed by atoms with E-state index in [4.69, 9.17) is 4.74 Å². The molecule has 1 aromatic heterocycles. The maximum Gasteiger partial charge on any atom is 0.251 e. The molecule has 0 aliphatic carbocycles. The van der Waals surface area contributed by atoms with Gasteiger partial charge in [0.05, 0.1) is 19.4 Å². The van der Waals surface area contributed by atoms with Gasteiger partial charge in [-0.2, -0.15) is 0 Å². The molecule has 0 bridgehead atoms. The van der Waals surface area contributed by atoms with Gasteiger partial charge in [0, 0.05) is 22.6 Å². The van der Waals surface area contributed by atoms with Crippen LogP contribution in [0.4, 0.5) is 0 Å². The van der Waals surface area contributed by atoms with Gasteiger partial charge < -0.3 is 14.6 Å². The van der Waals surface area contributed by atoms with Crippen molar-refractivity contribution in [1.82, 2.24) is 20.1 Å². The first-order valence-corrected chi connectivity index (χ1v) is 10.5. The molecule has 0 saturated heterocycles. The van der Waals surface area contributed by atoms with Gasteiger partial charge >= 0.3 is 0 Å². The molecule has 9 heteroatoms. The number of benzene rings is 2. The van der Waals surface area contributed by atoms with Crippen LogP contribution >= 0.6 is 27.7 Å². The highest BCUT2D eigenvalue weighted by Crippen LogP contribution is 2.19. The SMILES string of the molecule is COc1ccc(C(=O)NCc2nnc(SCC(=O)c3ccc(Br)cc3)n2C)cc1. The molecule has 0 unspecified atom stereocenters.